The van der Waals surface area contributed by atoms with Crippen molar-refractivity contribution in [2.24, 2.45) is 0 Å². The molecule has 0 heterocycles. The molecular formula is C17H15Cl4N3O2S. The summed E-state index contributed by atoms with van der Waals surface area (Å²) in [5.41, 5.74) is 0.849. The lowest BCUT2D eigenvalue weighted by molar-refractivity contribution is 0.0931. The number of anilines is 1. The number of alkyl halides is 3. The molecule has 2 rings (SSSR count). The molecule has 5 nitrogen and oxygen atoms in total. The Morgan fingerprint density at radius 3 is 2.33 bits per heavy atom. The van der Waals surface area contributed by atoms with Gasteiger partial charge in [-0.15, -0.1) is 0 Å². The second-order valence-electron chi connectivity index (χ2n) is 5.23. The predicted octanol–water partition coefficient (Wildman–Crippen LogP) is 4.76. The van der Waals surface area contributed by atoms with Gasteiger partial charge >= 0.3 is 0 Å². The molecule has 0 fully saturated rings. The van der Waals surface area contributed by atoms with Crippen LogP contribution in [0, 0.1) is 0 Å². The Labute approximate surface area is 182 Å². The van der Waals surface area contributed by atoms with Crippen molar-refractivity contribution >= 4 is 75.3 Å². The summed E-state index contributed by atoms with van der Waals surface area (Å²) >= 11 is 29.3. The molecule has 0 aliphatic carbocycles. The maximum atomic E-state index is 12.6. The Balaban J connectivity index is 2.12. The second kappa shape index (κ2) is 9.66. The van der Waals surface area contributed by atoms with E-state index in [0.29, 0.717) is 16.5 Å². The summed E-state index contributed by atoms with van der Waals surface area (Å²) in [6.07, 6.45) is -1.12. The molecule has 1 atom stereocenters. The van der Waals surface area contributed by atoms with E-state index in [4.69, 9.17) is 63.4 Å². The third-order valence-corrected chi connectivity index (χ3v) is 4.56. The summed E-state index contributed by atoms with van der Waals surface area (Å²) in [6.45, 7) is 0. The van der Waals surface area contributed by atoms with E-state index in [9.17, 15) is 4.79 Å². The maximum Gasteiger partial charge on any atom is 0.256 e. The standard InChI is InChI=1S/C17H15Cl4N3O2S/c1-26-13-9-5-2-6-10(13)14(25)23-15(17(19,20)21)24-16(27)22-12-8-4-3-7-11(12)18/h2-9,15H,1H3,(H,23,25)(H2,22,24,27)/t15-/m1/s1. The van der Waals surface area contributed by atoms with Crippen molar-refractivity contribution in [3.05, 3.63) is 59.1 Å². The van der Waals surface area contributed by atoms with Crippen LogP contribution in [0.5, 0.6) is 5.75 Å². The number of rotatable bonds is 5. The summed E-state index contributed by atoms with van der Waals surface area (Å²) in [7, 11) is 1.46. The van der Waals surface area contributed by atoms with Crippen LogP contribution in [0.1, 0.15) is 10.4 Å². The molecule has 0 radical (unpaired) electrons. The Bertz CT molecular complexity index is 830. The van der Waals surface area contributed by atoms with E-state index in [-0.39, 0.29) is 10.7 Å². The van der Waals surface area contributed by atoms with Gasteiger partial charge < -0.3 is 20.7 Å². The quantitative estimate of drug-likeness (QED) is 0.337. The molecule has 0 saturated heterocycles. The predicted molar refractivity (Wildman–Crippen MR) is 115 cm³/mol. The maximum absolute atomic E-state index is 12.6. The molecule has 27 heavy (non-hydrogen) atoms. The molecule has 0 bridgehead atoms. The van der Waals surface area contributed by atoms with Crippen LogP contribution in [0.25, 0.3) is 0 Å². The molecule has 0 aliphatic rings. The zero-order valence-electron chi connectivity index (χ0n) is 13.9. The lowest BCUT2D eigenvalue weighted by atomic mass is 10.2. The number of hydrogen-bond donors (Lipinski definition) is 3. The Kier molecular flexibility index (Phi) is 7.82. The smallest absolute Gasteiger partial charge is 0.256 e. The first kappa shape index (κ1) is 21.9. The van der Waals surface area contributed by atoms with E-state index in [1.165, 1.54) is 7.11 Å². The van der Waals surface area contributed by atoms with E-state index in [2.05, 4.69) is 16.0 Å². The third-order valence-electron chi connectivity index (χ3n) is 3.35. The molecule has 3 N–H and O–H groups in total. The highest BCUT2D eigenvalue weighted by Gasteiger charge is 2.35. The fourth-order valence-corrected chi connectivity index (χ4v) is 2.83. The van der Waals surface area contributed by atoms with E-state index < -0.39 is 15.9 Å². The fraction of sp³-hybridized carbons (Fsp3) is 0.176. The minimum absolute atomic E-state index is 0.111. The van der Waals surface area contributed by atoms with E-state index in [0.717, 1.165) is 0 Å². The SMILES string of the molecule is COc1ccccc1C(=O)N[C@H](NC(=S)Nc1ccccc1Cl)C(Cl)(Cl)Cl. The van der Waals surface area contributed by atoms with E-state index in [1.807, 2.05) is 0 Å². The van der Waals surface area contributed by atoms with Gasteiger partial charge in [0.2, 0.25) is 3.79 Å². The normalized spacial score (nSPS) is 12.0. The van der Waals surface area contributed by atoms with Gasteiger partial charge in [0.05, 0.1) is 23.4 Å². The first-order valence-corrected chi connectivity index (χ1v) is 9.47. The van der Waals surface area contributed by atoms with Gasteiger partial charge in [-0.25, -0.2) is 0 Å². The highest BCUT2D eigenvalue weighted by molar-refractivity contribution is 7.80. The molecule has 0 unspecified atom stereocenters. The van der Waals surface area contributed by atoms with Gasteiger partial charge in [-0.3, -0.25) is 4.79 Å². The number of nitrogens with one attached hydrogen (secondary N) is 3. The molecule has 0 aromatic heterocycles. The molecule has 2 aromatic carbocycles. The summed E-state index contributed by atoms with van der Waals surface area (Å²) in [4.78, 5) is 12.6. The van der Waals surface area contributed by atoms with Gasteiger partial charge in [-0.2, -0.15) is 0 Å². The molecule has 1 amide bonds. The zero-order valence-corrected chi connectivity index (χ0v) is 17.8. The molecular weight excluding hydrogens is 452 g/mol. The van der Waals surface area contributed by atoms with Crippen LogP contribution in [0.4, 0.5) is 5.69 Å². The van der Waals surface area contributed by atoms with Crippen molar-refractivity contribution in [2.75, 3.05) is 12.4 Å². The number of carbonyl (C=O) groups excluding carboxylic acids is 1. The molecule has 144 valence electrons. The Hall–Kier alpha value is -1.44. The van der Waals surface area contributed by atoms with Crippen molar-refractivity contribution in [1.82, 2.24) is 10.6 Å². The van der Waals surface area contributed by atoms with Crippen LogP contribution in [0.3, 0.4) is 0 Å². The van der Waals surface area contributed by atoms with Crippen LogP contribution in [0.15, 0.2) is 48.5 Å². The number of methoxy groups -OCH3 is 1. The summed E-state index contributed by atoms with van der Waals surface area (Å²) in [5, 5.41) is 8.82. The number of carbonyl (C=O) groups is 1. The van der Waals surface area contributed by atoms with Gasteiger partial charge in [0.25, 0.3) is 5.91 Å². The lowest BCUT2D eigenvalue weighted by Crippen LogP contribution is -2.56. The number of ether oxygens (including phenoxy) is 1. The third kappa shape index (κ3) is 6.30. The van der Waals surface area contributed by atoms with Crippen LogP contribution in [-0.4, -0.2) is 28.1 Å². The van der Waals surface area contributed by atoms with Gasteiger partial charge in [-0.1, -0.05) is 70.7 Å². The zero-order chi connectivity index (χ0) is 20.0. The average molecular weight is 467 g/mol. The average Bonchev–Trinajstić information content (AvgIpc) is 2.62. The first-order valence-electron chi connectivity index (χ1n) is 7.55. The minimum Gasteiger partial charge on any atom is -0.496 e. The van der Waals surface area contributed by atoms with Crippen LogP contribution in [0.2, 0.25) is 5.02 Å². The summed E-state index contributed by atoms with van der Waals surface area (Å²) in [6, 6.07) is 13.7. The Morgan fingerprint density at radius 2 is 1.70 bits per heavy atom. The van der Waals surface area contributed by atoms with E-state index >= 15 is 0 Å². The molecule has 2 aromatic rings. The molecule has 0 aliphatic heterocycles. The number of halogens is 4. The number of thiocarbonyl (C=S) groups is 1. The number of para-hydroxylation sites is 2. The van der Waals surface area contributed by atoms with Crippen molar-refractivity contribution < 1.29 is 9.53 Å². The van der Waals surface area contributed by atoms with Crippen molar-refractivity contribution in [3.63, 3.8) is 0 Å². The van der Waals surface area contributed by atoms with Gasteiger partial charge in [0, 0.05) is 0 Å². The van der Waals surface area contributed by atoms with E-state index in [1.54, 1.807) is 48.5 Å². The van der Waals surface area contributed by atoms with Gasteiger partial charge in [0.15, 0.2) is 5.11 Å². The molecule has 0 saturated carbocycles. The Morgan fingerprint density at radius 1 is 1.07 bits per heavy atom. The summed E-state index contributed by atoms with van der Waals surface area (Å²) < 4.78 is 3.29. The highest BCUT2D eigenvalue weighted by Crippen LogP contribution is 2.30. The summed E-state index contributed by atoms with van der Waals surface area (Å²) in [5.74, 6) is -0.119. The van der Waals surface area contributed by atoms with Crippen molar-refractivity contribution in [1.29, 1.82) is 0 Å². The van der Waals surface area contributed by atoms with Crippen LogP contribution in [-0.2, 0) is 0 Å². The molecule has 0 spiro atoms. The largest absolute Gasteiger partial charge is 0.496 e. The van der Waals surface area contributed by atoms with Gasteiger partial charge in [-0.05, 0) is 36.5 Å². The van der Waals surface area contributed by atoms with Crippen molar-refractivity contribution in [3.8, 4) is 5.75 Å². The second-order valence-corrected chi connectivity index (χ2v) is 8.41. The number of benzene rings is 2. The minimum atomic E-state index is -1.89. The first-order chi connectivity index (χ1) is 12.7. The number of amides is 1. The van der Waals surface area contributed by atoms with Gasteiger partial charge in [0.1, 0.15) is 11.9 Å². The highest BCUT2D eigenvalue weighted by atomic mass is 35.6. The monoisotopic (exact) mass is 465 g/mol. The lowest BCUT2D eigenvalue weighted by Gasteiger charge is -2.28. The fourth-order valence-electron chi connectivity index (χ4n) is 2.09. The molecule has 10 heteroatoms. The number of hydrogen-bond acceptors (Lipinski definition) is 3. The van der Waals surface area contributed by atoms with Crippen LogP contribution >= 0.6 is 58.6 Å². The van der Waals surface area contributed by atoms with Crippen molar-refractivity contribution in [2.45, 2.75) is 9.96 Å². The topological polar surface area (TPSA) is 62.4 Å². The van der Waals surface area contributed by atoms with Crippen LogP contribution < -0.4 is 20.7 Å².